The van der Waals surface area contributed by atoms with Crippen molar-refractivity contribution in [1.29, 1.82) is 0 Å². The molecule has 26 heavy (non-hydrogen) atoms. The minimum atomic E-state index is -0.512. The van der Waals surface area contributed by atoms with Gasteiger partial charge in [-0.15, -0.1) is 11.3 Å². The van der Waals surface area contributed by atoms with Gasteiger partial charge in [0.2, 0.25) is 0 Å². The molecule has 1 aromatic heterocycles. The number of hydrogen-bond donors (Lipinski definition) is 1. The molecule has 5 nitrogen and oxygen atoms in total. The Morgan fingerprint density at radius 3 is 2.73 bits per heavy atom. The average Bonchev–Trinajstić information content (AvgIpc) is 3.02. The summed E-state index contributed by atoms with van der Waals surface area (Å²) in [5.74, 6) is 0.125. The molecule has 1 N–H and O–H groups in total. The highest BCUT2D eigenvalue weighted by Crippen LogP contribution is 2.31. The number of alkyl carbamates (subject to hydrolysis) is 1. The van der Waals surface area contributed by atoms with Gasteiger partial charge in [0, 0.05) is 24.0 Å². The van der Waals surface area contributed by atoms with Crippen LogP contribution < -0.4 is 5.32 Å². The minimum absolute atomic E-state index is 0.0443. The number of nitrogens with zero attached hydrogens (tertiary/aromatic N) is 1. The number of carbonyl (C=O) groups is 2. The van der Waals surface area contributed by atoms with Gasteiger partial charge in [-0.25, -0.2) is 4.79 Å². The Bertz CT molecular complexity index is 639. The lowest BCUT2D eigenvalue weighted by atomic mass is 9.99. The molecule has 2 amide bonds. The molecule has 1 unspecified atom stereocenters. The predicted molar refractivity (Wildman–Crippen MR) is 104 cm³/mol. The first-order valence-corrected chi connectivity index (χ1v) is 10.5. The molecule has 0 aromatic carbocycles. The second kappa shape index (κ2) is 7.99. The van der Waals surface area contributed by atoms with Gasteiger partial charge in [-0.05, 0) is 77.3 Å². The van der Waals surface area contributed by atoms with Crippen LogP contribution in [0.3, 0.4) is 0 Å². The van der Waals surface area contributed by atoms with E-state index in [4.69, 9.17) is 4.74 Å². The lowest BCUT2D eigenvalue weighted by Gasteiger charge is -2.35. The summed E-state index contributed by atoms with van der Waals surface area (Å²) in [6.45, 7) is 6.76. The molecule has 0 saturated carbocycles. The molecular formula is C20H30N2O3S. The summed E-state index contributed by atoms with van der Waals surface area (Å²) in [5, 5.41) is 2.84. The highest BCUT2D eigenvalue weighted by molar-refractivity contribution is 7.14. The number of ether oxygens (including phenoxy) is 1. The fourth-order valence-corrected chi connectivity index (χ4v) is 4.94. The van der Waals surface area contributed by atoms with Crippen molar-refractivity contribution < 1.29 is 14.3 Å². The van der Waals surface area contributed by atoms with Crippen LogP contribution in [0.4, 0.5) is 4.79 Å². The van der Waals surface area contributed by atoms with Crippen molar-refractivity contribution in [2.45, 2.75) is 77.4 Å². The maximum absolute atomic E-state index is 13.1. The zero-order chi connectivity index (χ0) is 18.7. The summed E-state index contributed by atoms with van der Waals surface area (Å²) in [5.41, 5.74) is 0.854. The average molecular weight is 379 g/mol. The summed E-state index contributed by atoms with van der Waals surface area (Å²) in [6, 6.07) is 2.15. The van der Waals surface area contributed by atoms with Gasteiger partial charge in [0.15, 0.2) is 0 Å². The molecule has 1 saturated heterocycles. The molecule has 2 heterocycles. The van der Waals surface area contributed by atoms with E-state index < -0.39 is 11.7 Å². The van der Waals surface area contributed by atoms with E-state index in [-0.39, 0.29) is 11.9 Å². The molecule has 6 heteroatoms. The fraction of sp³-hybridized carbons (Fsp3) is 0.700. The molecule has 3 rings (SSSR count). The molecule has 1 atom stereocenters. The van der Waals surface area contributed by atoms with E-state index in [1.165, 1.54) is 23.3 Å². The Morgan fingerprint density at radius 2 is 2.00 bits per heavy atom. The summed E-state index contributed by atoms with van der Waals surface area (Å²) in [4.78, 5) is 29.2. The van der Waals surface area contributed by atoms with E-state index in [0.717, 1.165) is 43.5 Å². The number of hydrogen-bond acceptors (Lipinski definition) is 4. The largest absolute Gasteiger partial charge is 0.444 e. The van der Waals surface area contributed by atoms with Crippen LogP contribution in [-0.4, -0.2) is 41.6 Å². The van der Waals surface area contributed by atoms with Gasteiger partial charge >= 0.3 is 6.09 Å². The third-order valence-corrected chi connectivity index (χ3v) is 6.20. The van der Waals surface area contributed by atoms with Crippen molar-refractivity contribution in [2.24, 2.45) is 0 Å². The number of nitrogens with one attached hydrogen (secondary N) is 1. The summed E-state index contributed by atoms with van der Waals surface area (Å²) in [6.07, 6.45) is 7.29. The number of piperidine rings is 1. The summed E-state index contributed by atoms with van der Waals surface area (Å²) < 4.78 is 5.31. The van der Waals surface area contributed by atoms with Gasteiger partial charge in [-0.2, -0.15) is 0 Å². The number of thiophene rings is 1. The molecule has 1 aromatic rings. The van der Waals surface area contributed by atoms with E-state index in [1.807, 2.05) is 25.7 Å². The second-order valence-corrected chi connectivity index (χ2v) is 9.43. The SMILES string of the molecule is CC(C)(C)OC(=O)NCC1CCCCN1C(=O)c1cc2c(s1)CCCC2. The Labute approximate surface area is 160 Å². The lowest BCUT2D eigenvalue weighted by molar-refractivity contribution is 0.0463. The quantitative estimate of drug-likeness (QED) is 0.860. The first-order chi connectivity index (χ1) is 12.3. The van der Waals surface area contributed by atoms with E-state index in [2.05, 4.69) is 11.4 Å². The van der Waals surface area contributed by atoms with Crippen molar-refractivity contribution in [3.63, 3.8) is 0 Å². The van der Waals surface area contributed by atoms with Crippen LogP contribution in [-0.2, 0) is 17.6 Å². The zero-order valence-corrected chi connectivity index (χ0v) is 16.9. The maximum Gasteiger partial charge on any atom is 0.407 e. The van der Waals surface area contributed by atoms with Crippen molar-refractivity contribution in [3.05, 3.63) is 21.4 Å². The van der Waals surface area contributed by atoms with Gasteiger partial charge < -0.3 is 15.0 Å². The van der Waals surface area contributed by atoms with Crippen molar-refractivity contribution in [1.82, 2.24) is 10.2 Å². The van der Waals surface area contributed by atoms with Crippen LogP contribution in [0, 0.1) is 0 Å². The summed E-state index contributed by atoms with van der Waals surface area (Å²) >= 11 is 1.67. The molecule has 1 aliphatic carbocycles. The van der Waals surface area contributed by atoms with Crippen molar-refractivity contribution in [3.8, 4) is 0 Å². The van der Waals surface area contributed by atoms with Gasteiger partial charge in [0.25, 0.3) is 5.91 Å². The third kappa shape index (κ3) is 4.78. The predicted octanol–water partition coefficient (Wildman–Crippen LogP) is 4.15. The van der Waals surface area contributed by atoms with Crippen molar-refractivity contribution in [2.75, 3.05) is 13.1 Å². The number of rotatable bonds is 3. The van der Waals surface area contributed by atoms with Gasteiger partial charge in [0.05, 0.1) is 4.88 Å². The van der Waals surface area contributed by atoms with Crippen LogP contribution >= 0.6 is 11.3 Å². The summed E-state index contributed by atoms with van der Waals surface area (Å²) in [7, 11) is 0. The molecule has 0 bridgehead atoms. The van der Waals surface area contributed by atoms with Crippen LogP contribution in [0.5, 0.6) is 0 Å². The normalized spacial score (nSPS) is 20.4. The number of aryl methyl sites for hydroxylation is 2. The molecule has 0 radical (unpaired) electrons. The first kappa shape index (κ1) is 19.2. The molecule has 144 valence electrons. The smallest absolute Gasteiger partial charge is 0.407 e. The Morgan fingerprint density at radius 1 is 1.23 bits per heavy atom. The fourth-order valence-electron chi connectivity index (χ4n) is 3.73. The van der Waals surface area contributed by atoms with E-state index in [9.17, 15) is 9.59 Å². The van der Waals surface area contributed by atoms with Crippen molar-refractivity contribution >= 4 is 23.3 Å². The number of fused-ring (bicyclic) bond motifs is 1. The minimum Gasteiger partial charge on any atom is -0.444 e. The molecular weight excluding hydrogens is 348 g/mol. The lowest BCUT2D eigenvalue weighted by Crippen LogP contribution is -2.49. The Kier molecular flexibility index (Phi) is 5.90. The topological polar surface area (TPSA) is 58.6 Å². The van der Waals surface area contributed by atoms with Gasteiger partial charge in [-0.3, -0.25) is 4.79 Å². The highest BCUT2D eigenvalue weighted by Gasteiger charge is 2.30. The van der Waals surface area contributed by atoms with Gasteiger partial charge in [-0.1, -0.05) is 0 Å². The third-order valence-electron chi connectivity index (χ3n) is 4.98. The maximum atomic E-state index is 13.1. The number of carbonyl (C=O) groups excluding carboxylic acids is 2. The number of likely N-dealkylation sites (tertiary alicyclic amines) is 1. The Balaban J connectivity index is 1.63. The van der Waals surface area contributed by atoms with E-state index >= 15 is 0 Å². The van der Waals surface area contributed by atoms with E-state index in [1.54, 1.807) is 11.3 Å². The van der Waals surface area contributed by atoms with E-state index in [0.29, 0.717) is 6.54 Å². The van der Waals surface area contributed by atoms with Crippen LogP contribution in [0.2, 0.25) is 0 Å². The van der Waals surface area contributed by atoms with Crippen LogP contribution in [0.15, 0.2) is 6.07 Å². The second-order valence-electron chi connectivity index (χ2n) is 8.30. The molecule has 0 spiro atoms. The molecule has 2 aliphatic rings. The highest BCUT2D eigenvalue weighted by atomic mass is 32.1. The van der Waals surface area contributed by atoms with Gasteiger partial charge in [0.1, 0.15) is 5.60 Å². The Hall–Kier alpha value is -1.56. The van der Waals surface area contributed by atoms with Crippen LogP contribution in [0.25, 0.3) is 0 Å². The first-order valence-electron chi connectivity index (χ1n) is 9.73. The standard InChI is InChI=1S/C20H30N2O3S/c1-20(2,3)25-19(24)21-13-15-9-6-7-11-22(15)18(23)17-12-14-8-4-5-10-16(14)26-17/h12,15H,4-11,13H2,1-3H3,(H,21,24). The molecule has 1 aliphatic heterocycles. The zero-order valence-electron chi connectivity index (χ0n) is 16.1. The molecule has 1 fully saturated rings. The number of amides is 2. The van der Waals surface area contributed by atoms with Crippen LogP contribution in [0.1, 0.15) is 73.0 Å². The monoisotopic (exact) mass is 378 g/mol.